The van der Waals surface area contributed by atoms with Gasteiger partial charge in [-0.2, -0.15) is 0 Å². The number of ether oxygens (including phenoxy) is 2. The Kier molecular flexibility index (Phi) is 11.5. The lowest BCUT2D eigenvalue weighted by atomic mass is 9.95. The van der Waals surface area contributed by atoms with Crippen molar-refractivity contribution in [1.29, 1.82) is 0 Å². The minimum Gasteiger partial charge on any atom is -0.466 e. The number of carbonyl (C=O) groups excluding carboxylic acids is 5. The summed E-state index contributed by atoms with van der Waals surface area (Å²) in [4.78, 5) is 60.6. The van der Waals surface area contributed by atoms with Crippen LogP contribution >= 0.6 is 0 Å². The zero-order valence-electron chi connectivity index (χ0n) is 18.6. The Hall–Kier alpha value is -3.43. The highest BCUT2D eigenvalue weighted by Crippen LogP contribution is 2.15. The van der Waals surface area contributed by atoms with Crippen LogP contribution in [0.4, 0.5) is 0 Å². The lowest BCUT2D eigenvalue weighted by Crippen LogP contribution is -2.52. The summed E-state index contributed by atoms with van der Waals surface area (Å²) in [5.74, 6) is -4.99. The van der Waals surface area contributed by atoms with E-state index in [1.54, 1.807) is 13.8 Å². The molecular weight excluding hydrogens is 418 g/mol. The van der Waals surface area contributed by atoms with Crippen molar-refractivity contribution >= 4 is 29.7 Å². The standard InChI is InChI=1S/C22H31N3O7/c1-4-31-19(28)13-16(22(30)32-5-2)20(21(23)29)25-18(27)12-11-17(26)24-14(3)15-9-7-6-8-10-15/h6-10,14,16,20H,4-5,11-13H2,1-3H3,(H2,23,29)(H,24,26)(H,25,27)/t14-,16+,20-/m1/s1. The van der Waals surface area contributed by atoms with Crippen LogP contribution in [0.25, 0.3) is 0 Å². The van der Waals surface area contributed by atoms with E-state index in [2.05, 4.69) is 10.6 Å². The topological polar surface area (TPSA) is 154 Å². The van der Waals surface area contributed by atoms with Gasteiger partial charge in [-0.3, -0.25) is 24.0 Å². The van der Waals surface area contributed by atoms with Gasteiger partial charge in [0, 0.05) is 12.8 Å². The number of amides is 3. The van der Waals surface area contributed by atoms with Gasteiger partial charge in [0.2, 0.25) is 17.7 Å². The minimum atomic E-state index is -1.49. The second-order valence-electron chi connectivity index (χ2n) is 7.02. The predicted octanol–water partition coefficient (Wildman–Crippen LogP) is 0.747. The molecule has 0 saturated carbocycles. The Bertz CT molecular complexity index is 798. The van der Waals surface area contributed by atoms with Crippen molar-refractivity contribution in [2.24, 2.45) is 11.7 Å². The highest BCUT2D eigenvalue weighted by atomic mass is 16.5. The van der Waals surface area contributed by atoms with E-state index in [0.29, 0.717) is 0 Å². The van der Waals surface area contributed by atoms with Crippen LogP contribution in [0.1, 0.15) is 51.6 Å². The van der Waals surface area contributed by atoms with Crippen molar-refractivity contribution in [2.75, 3.05) is 13.2 Å². The van der Waals surface area contributed by atoms with E-state index < -0.39 is 42.1 Å². The summed E-state index contributed by atoms with van der Waals surface area (Å²) in [5, 5.41) is 5.12. The monoisotopic (exact) mass is 449 g/mol. The lowest BCUT2D eigenvalue weighted by Gasteiger charge is -2.23. The molecule has 0 aliphatic rings. The van der Waals surface area contributed by atoms with Crippen molar-refractivity contribution in [3.05, 3.63) is 35.9 Å². The molecule has 1 aromatic rings. The molecule has 0 saturated heterocycles. The molecule has 0 radical (unpaired) electrons. The number of nitrogens with two attached hydrogens (primary N) is 1. The van der Waals surface area contributed by atoms with Gasteiger partial charge in [-0.25, -0.2) is 0 Å². The number of nitrogens with one attached hydrogen (secondary N) is 2. The SMILES string of the molecule is CCOC(=O)C[C@H](C(=O)OCC)[C@@H](NC(=O)CCC(=O)N[C@H](C)c1ccccc1)C(N)=O. The van der Waals surface area contributed by atoms with Crippen LogP contribution in [-0.4, -0.2) is 48.9 Å². The van der Waals surface area contributed by atoms with Gasteiger partial charge in [0.05, 0.1) is 31.6 Å². The minimum absolute atomic E-state index is 0.0113. The fraction of sp³-hybridized carbons (Fsp3) is 0.500. The Balaban J connectivity index is 2.72. The summed E-state index contributed by atoms with van der Waals surface area (Å²) >= 11 is 0. The van der Waals surface area contributed by atoms with Crippen molar-refractivity contribution in [3.8, 4) is 0 Å². The molecule has 10 heteroatoms. The van der Waals surface area contributed by atoms with E-state index in [1.807, 2.05) is 37.3 Å². The summed E-state index contributed by atoms with van der Waals surface area (Å²) in [6.45, 7) is 5.06. The fourth-order valence-corrected chi connectivity index (χ4v) is 2.97. The average molecular weight is 450 g/mol. The summed E-state index contributed by atoms with van der Waals surface area (Å²) < 4.78 is 9.73. The Labute approximate surface area is 187 Å². The zero-order valence-corrected chi connectivity index (χ0v) is 18.6. The number of benzene rings is 1. The second kappa shape index (κ2) is 13.8. The van der Waals surface area contributed by atoms with Gasteiger partial charge >= 0.3 is 11.9 Å². The molecule has 3 atom stereocenters. The molecule has 0 heterocycles. The molecule has 4 N–H and O–H groups in total. The van der Waals surface area contributed by atoms with Crippen LogP contribution in [0.15, 0.2) is 30.3 Å². The maximum atomic E-state index is 12.3. The molecule has 1 aromatic carbocycles. The van der Waals surface area contributed by atoms with Gasteiger partial charge in [-0.05, 0) is 26.3 Å². The quantitative estimate of drug-likeness (QED) is 0.375. The molecule has 1 rings (SSSR count). The molecule has 0 spiro atoms. The molecule has 0 bridgehead atoms. The third kappa shape index (κ3) is 9.15. The molecule has 0 fully saturated rings. The van der Waals surface area contributed by atoms with Gasteiger partial charge in [0.15, 0.2) is 0 Å². The first kappa shape index (κ1) is 26.6. The summed E-state index contributed by atoms with van der Waals surface area (Å²) in [7, 11) is 0. The summed E-state index contributed by atoms with van der Waals surface area (Å²) in [5.41, 5.74) is 6.28. The van der Waals surface area contributed by atoms with Crippen LogP contribution < -0.4 is 16.4 Å². The van der Waals surface area contributed by atoms with Gasteiger partial charge in [0.25, 0.3) is 0 Å². The number of hydrogen-bond donors (Lipinski definition) is 3. The van der Waals surface area contributed by atoms with Crippen LogP contribution in [0.3, 0.4) is 0 Å². The normalized spacial score (nSPS) is 13.2. The van der Waals surface area contributed by atoms with Gasteiger partial charge in [-0.15, -0.1) is 0 Å². The number of esters is 2. The Morgan fingerprint density at radius 1 is 0.906 bits per heavy atom. The van der Waals surface area contributed by atoms with E-state index in [9.17, 15) is 24.0 Å². The lowest BCUT2D eigenvalue weighted by molar-refractivity contribution is -0.157. The van der Waals surface area contributed by atoms with Crippen molar-refractivity contribution in [1.82, 2.24) is 10.6 Å². The number of carbonyl (C=O) groups is 5. The highest BCUT2D eigenvalue weighted by Gasteiger charge is 2.37. The molecule has 3 amide bonds. The first-order valence-corrected chi connectivity index (χ1v) is 10.4. The van der Waals surface area contributed by atoms with E-state index in [4.69, 9.17) is 15.2 Å². The van der Waals surface area contributed by atoms with Crippen molar-refractivity contribution < 1.29 is 33.4 Å². The van der Waals surface area contributed by atoms with Crippen LogP contribution in [0.5, 0.6) is 0 Å². The second-order valence-corrected chi connectivity index (χ2v) is 7.02. The van der Waals surface area contributed by atoms with E-state index in [-0.39, 0.29) is 38.0 Å². The van der Waals surface area contributed by atoms with Gasteiger partial charge < -0.3 is 25.8 Å². The first-order chi connectivity index (χ1) is 15.2. The first-order valence-electron chi connectivity index (χ1n) is 10.4. The molecule has 0 aliphatic carbocycles. The van der Waals surface area contributed by atoms with Crippen LogP contribution in [0, 0.1) is 5.92 Å². The number of hydrogen-bond acceptors (Lipinski definition) is 7. The Morgan fingerprint density at radius 3 is 2.00 bits per heavy atom. The summed E-state index contributed by atoms with van der Waals surface area (Å²) in [6.07, 6.45) is -0.877. The zero-order chi connectivity index (χ0) is 24.1. The fourth-order valence-electron chi connectivity index (χ4n) is 2.97. The smallest absolute Gasteiger partial charge is 0.312 e. The molecule has 0 unspecified atom stereocenters. The maximum absolute atomic E-state index is 12.3. The van der Waals surface area contributed by atoms with Crippen LogP contribution in [-0.2, 0) is 33.4 Å². The van der Waals surface area contributed by atoms with E-state index in [0.717, 1.165) is 5.56 Å². The van der Waals surface area contributed by atoms with Crippen molar-refractivity contribution in [3.63, 3.8) is 0 Å². The van der Waals surface area contributed by atoms with Crippen LogP contribution in [0.2, 0.25) is 0 Å². The number of primary amides is 1. The average Bonchev–Trinajstić information content (AvgIpc) is 2.75. The molecule has 10 nitrogen and oxygen atoms in total. The number of rotatable bonds is 13. The van der Waals surface area contributed by atoms with Gasteiger partial charge in [0.1, 0.15) is 6.04 Å². The summed E-state index contributed by atoms with van der Waals surface area (Å²) in [6, 6.07) is 7.57. The third-order valence-corrected chi connectivity index (χ3v) is 4.56. The third-order valence-electron chi connectivity index (χ3n) is 4.56. The molecule has 0 aliphatic heterocycles. The van der Waals surface area contributed by atoms with E-state index in [1.165, 1.54) is 0 Å². The molecule has 0 aromatic heterocycles. The maximum Gasteiger partial charge on any atom is 0.312 e. The predicted molar refractivity (Wildman–Crippen MR) is 115 cm³/mol. The molecule has 176 valence electrons. The van der Waals surface area contributed by atoms with E-state index >= 15 is 0 Å². The van der Waals surface area contributed by atoms with Gasteiger partial charge in [-0.1, -0.05) is 30.3 Å². The molecule has 32 heavy (non-hydrogen) atoms. The Morgan fingerprint density at radius 2 is 1.47 bits per heavy atom. The molecular formula is C22H31N3O7. The highest BCUT2D eigenvalue weighted by molar-refractivity contribution is 5.93. The largest absolute Gasteiger partial charge is 0.466 e. The van der Waals surface area contributed by atoms with Crippen molar-refractivity contribution in [2.45, 2.75) is 52.1 Å².